The van der Waals surface area contributed by atoms with Crippen molar-refractivity contribution in [2.45, 2.75) is 24.5 Å². The standard InChI is InChI=1S/C20H19ClF3N5O3/c21-7-12(30)8-25-19(32)14-9-26-29-4-3-17(27-18(14)29)28-10-20(23,24)6-15(28)13-5-11(22)1-2-16(13)31/h1-5,9,12,15,30-31H,6-8,10H2,(H,25,32)/t12-,15?/m1/s1. The number of hydrogen-bond donors (Lipinski definition) is 3. The highest BCUT2D eigenvalue weighted by molar-refractivity contribution is 6.18. The van der Waals surface area contributed by atoms with Crippen LogP contribution in [0.15, 0.2) is 36.7 Å². The molecule has 1 amide bonds. The Bertz CT molecular complexity index is 1160. The molecule has 8 nitrogen and oxygen atoms in total. The molecule has 2 aromatic heterocycles. The first-order valence-electron chi connectivity index (χ1n) is 9.68. The SMILES string of the molecule is O=C(NC[C@H](O)CCl)c1cnn2ccc(N3CC(F)(F)CC3c3cc(F)ccc3O)nc12. The van der Waals surface area contributed by atoms with E-state index in [1.165, 1.54) is 27.9 Å². The van der Waals surface area contributed by atoms with Gasteiger partial charge in [0, 0.05) is 24.7 Å². The van der Waals surface area contributed by atoms with Crippen molar-refractivity contribution < 1.29 is 28.2 Å². The summed E-state index contributed by atoms with van der Waals surface area (Å²) in [6.07, 6.45) is 1.15. The monoisotopic (exact) mass is 469 g/mol. The van der Waals surface area contributed by atoms with Crippen LogP contribution in [0.25, 0.3) is 5.65 Å². The summed E-state index contributed by atoms with van der Waals surface area (Å²) in [7, 11) is 0. The maximum atomic E-state index is 14.4. The number of aliphatic hydroxyl groups is 1. The van der Waals surface area contributed by atoms with Gasteiger partial charge in [0.15, 0.2) is 5.65 Å². The Morgan fingerprint density at radius 1 is 1.38 bits per heavy atom. The molecular formula is C20H19ClF3N5O3. The Morgan fingerprint density at radius 3 is 2.91 bits per heavy atom. The zero-order valence-electron chi connectivity index (χ0n) is 16.6. The van der Waals surface area contributed by atoms with Crippen molar-refractivity contribution in [1.29, 1.82) is 0 Å². The number of hydrogen-bond acceptors (Lipinski definition) is 6. The van der Waals surface area contributed by atoms with Gasteiger partial charge in [0.05, 0.1) is 30.8 Å². The van der Waals surface area contributed by atoms with Crippen LogP contribution in [0.2, 0.25) is 0 Å². The van der Waals surface area contributed by atoms with Crippen LogP contribution in [0.4, 0.5) is 19.0 Å². The summed E-state index contributed by atoms with van der Waals surface area (Å²) in [6.45, 7) is -0.785. The summed E-state index contributed by atoms with van der Waals surface area (Å²) in [4.78, 5) is 18.1. The molecule has 32 heavy (non-hydrogen) atoms. The van der Waals surface area contributed by atoms with E-state index in [1.807, 2.05) is 0 Å². The van der Waals surface area contributed by atoms with E-state index in [0.717, 1.165) is 18.2 Å². The van der Waals surface area contributed by atoms with Crippen molar-refractivity contribution in [2.24, 2.45) is 0 Å². The minimum Gasteiger partial charge on any atom is -0.508 e. The van der Waals surface area contributed by atoms with Crippen LogP contribution in [0.1, 0.15) is 28.4 Å². The molecule has 1 aromatic carbocycles. The lowest BCUT2D eigenvalue weighted by Gasteiger charge is -2.26. The zero-order chi connectivity index (χ0) is 23.0. The zero-order valence-corrected chi connectivity index (χ0v) is 17.3. The second-order valence-corrected chi connectivity index (χ2v) is 7.85. The fourth-order valence-electron chi connectivity index (χ4n) is 3.67. The smallest absolute Gasteiger partial charge is 0.267 e. The fourth-order valence-corrected chi connectivity index (χ4v) is 3.78. The molecule has 4 rings (SSSR count). The molecule has 1 saturated heterocycles. The predicted molar refractivity (Wildman–Crippen MR) is 110 cm³/mol. The van der Waals surface area contributed by atoms with Gasteiger partial charge in [-0.25, -0.2) is 22.7 Å². The molecule has 1 fully saturated rings. The summed E-state index contributed by atoms with van der Waals surface area (Å²) < 4.78 is 43.8. The molecule has 0 spiro atoms. The summed E-state index contributed by atoms with van der Waals surface area (Å²) >= 11 is 5.52. The molecule has 3 heterocycles. The first kappa shape index (κ1) is 22.2. The van der Waals surface area contributed by atoms with E-state index in [-0.39, 0.29) is 40.8 Å². The Kier molecular flexibility index (Phi) is 5.87. The second kappa shape index (κ2) is 8.47. The van der Waals surface area contributed by atoms with E-state index in [9.17, 15) is 28.2 Å². The molecule has 3 aromatic rings. The number of anilines is 1. The minimum atomic E-state index is -3.10. The van der Waals surface area contributed by atoms with E-state index >= 15 is 0 Å². The number of aromatic nitrogens is 3. The molecular weight excluding hydrogens is 451 g/mol. The van der Waals surface area contributed by atoms with Gasteiger partial charge in [-0.3, -0.25) is 4.79 Å². The number of nitrogens with zero attached hydrogens (tertiary/aromatic N) is 4. The number of fused-ring (bicyclic) bond motifs is 1. The normalized spacial score (nSPS) is 18.8. The fraction of sp³-hybridized carbons (Fsp3) is 0.350. The maximum absolute atomic E-state index is 14.4. The third-order valence-electron chi connectivity index (χ3n) is 5.19. The number of amides is 1. The van der Waals surface area contributed by atoms with Gasteiger partial charge >= 0.3 is 0 Å². The van der Waals surface area contributed by atoms with Gasteiger partial charge < -0.3 is 20.4 Å². The third-order valence-corrected chi connectivity index (χ3v) is 5.54. The predicted octanol–water partition coefficient (Wildman–Crippen LogP) is 2.49. The van der Waals surface area contributed by atoms with Crippen LogP contribution in [-0.4, -0.2) is 61.7 Å². The molecule has 1 aliphatic heterocycles. The van der Waals surface area contributed by atoms with Crippen molar-refractivity contribution in [3.63, 3.8) is 0 Å². The van der Waals surface area contributed by atoms with E-state index in [2.05, 4.69) is 15.4 Å². The van der Waals surface area contributed by atoms with Gasteiger partial charge in [-0.1, -0.05) is 0 Å². The van der Waals surface area contributed by atoms with E-state index < -0.39 is 42.8 Å². The third kappa shape index (κ3) is 4.30. The average molecular weight is 470 g/mol. The van der Waals surface area contributed by atoms with Crippen LogP contribution >= 0.6 is 11.6 Å². The van der Waals surface area contributed by atoms with E-state index in [0.29, 0.717) is 0 Å². The number of benzene rings is 1. The first-order chi connectivity index (χ1) is 15.2. The molecule has 0 bridgehead atoms. The Morgan fingerprint density at radius 2 is 2.16 bits per heavy atom. The molecule has 1 aliphatic rings. The topological polar surface area (TPSA) is 103 Å². The van der Waals surface area contributed by atoms with Crippen LogP contribution in [-0.2, 0) is 0 Å². The number of phenols is 1. The number of rotatable bonds is 6. The molecule has 0 aliphatic carbocycles. The van der Waals surface area contributed by atoms with Crippen LogP contribution in [0.5, 0.6) is 5.75 Å². The number of aromatic hydroxyl groups is 1. The summed E-state index contributed by atoms with van der Waals surface area (Å²) in [5.74, 6) is -4.59. The number of phenolic OH excluding ortho intramolecular Hbond substituents is 1. The maximum Gasteiger partial charge on any atom is 0.267 e. The van der Waals surface area contributed by atoms with Crippen LogP contribution < -0.4 is 10.2 Å². The van der Waals surface area contributed by atoms with Crippen molar-refractivity contribution >= 4 is 29.0 Å². The van der Waals surface area contributed by atoms with Crippen LogP contribution in [0, 0.1) is 5.82 Å². The van der Waals surface area contributed by atoms with Crippen molar-refractivity contribution in [3.05, 3.63) is 53.6 Å². The number of carbonyl (C=O) groups is 1. The van der Waals surface area contributed by atoms with Crippen molar-refractivity contribution in [2.75, 3.05) is 23.9 Å². The minimum absolute atomic E-state index is 0.0189. The molecule has 1 unspecified atom stereocenters. The van der Waals surface area contributed by atoms with E-state index in [4.69, 9.17) is 11.6 Å². The van der Waals surface area contributed by atoms with Gasteiger partial charge in [0.25, 0.3) is 11.8 Å². The highest BCUT2D eigenvalue weighted by Gasteiger charge is 2.47. The van der Waals surface area contributed by atoms with Gasteiger partial charge in [0.2, 0.25) is 0 Å². The second-order valence-electron chi connectivity index (χ2n) is 7.54. The van der Waals surface area contributed by atoms with Crippen molar-refractivity contribution in [3.8, 4) is 5.75 Å². The molecule has 0 radical (unpaired) electrons. The Labute approximate surface area is 185 Å². The highest BCUT2D eigenvalue weighted by atomic mass is 35.5. The van der Waals surface area contributed by atoms with Gasteiger partial charge in [-0.15, -0.1) is 11.6 Å². The Hall–Kier alpha value is -3.05. The molecule has 0 saturated carbocycles. The molecule has 2 atom stereocenters. The number of nitrogens with one attached hydrogen (secondary N) is 1. The lowest BCUT2D eigenvalue weighted by atomic mass is 10.0. The van der Waals surface area contributed by atoms with Crippen LogP contribution in [0.3, 0.4) is 0 Å². The average Bonchev–Trinajstić information content (AvgIpc) is 3.33. The summed E-state index contributed by atoms with van der Waals surface area (Å²) in [6, 6.07) is 3.59. The molecule has 12 heteroatoms. The number of alkyl halides is 3. The number of halogens is 4. The van der Waals surface area contributed by atoms with Crippen molar-refractivity contribution in [1.82, 2.24) is 19.9 Å². The largest absolute Gasteiger partial charge is 0.508 e. The molecule has 170 valence electrons. The Balaban J connectivity index is 1.70. The van der Waals surface area contributed by atoms with E-state index in [1.54, 1.807) is 0 Å². The first-order valence-corrected chi connectivity index (χ1v) is 10.2. The van der Waals surface area contributed by atoms with Gasteiger partial charge in [0.1, 0.15) is 22.9 Å². The lowest BCUT2D eigenvalue weighted by Crippen LogP contribution is -2.33. The lowest BCUT2D eigenvalue weighted by molar-refractivity contribution is 0.0222. The molecule has 3 N–H and O–H groups in total. The quantitative estimate of drug-likeness (QED) is 0.479. The summed E-state index contributed by atoms with van der Waals surface area (Å²) in [5.41, 5.74) is 0.202. The number of carbonyl (C=O) groups excluding carboxylic acids is 1. The van der Waals surface area contributed by atoms with Gasteiger partial charge in [-0.2, -0.15) is 5.10 Å². The summed E-state index contributed by atoms with van der Waals surface area (Å²) in [5, 5.41) is 26.2. The number of aliphatic hydroxyl groups excluding tert-OH is 1. The van der Waals surface area contributed by atoms with Gasteiger partial charge in [-0.05, 0) is 24.3 Å². The highest BCUT2D eigenvalue weighted by Crippen LogP contribution is 2.45.